The van der Waals surface area contributed by atoms with Gasteiger partial charge < -0.3 is 36.6 Å². The topological polar surface area (TPSA) is 207 Å². The van der Waals surface area contributed by atoms with Crippen LogP contribution in [0, 0.1) is 17.8 Å². The minimum Gasteiger partial charge on any atom is -0.508 e. The number of carbonyl (C=O) groups excluding carboxylic acids is 4. The number of ketones is 2. The van der Waals surface area contributed by atoms with Crippen molar-refractivity contribution < 1.29 is 44.7 Å². The molecule has 4 aliphatic rings. The lowest BCUT2D eigenvalue weighted by Gasteiger charge is -2.50. The second-order valence-corrected chi connectivity index (χ2v) is 10.4. The fourth-order valence-electron chi connectivity index (χ4n) is 6.61. The van der Waals surface area contributed by atoms with Gasteiger partial charge in [-0.05, 0) is 36.5 Å². The van der Waals surface area contributed by atoms with Gasteiger partial charge in [-0.15, -0.1) is 0 Å². The van der Waals surface area contributed by atoms with Gasteiger partial charge in [0.25, 0.3) is 5.91 Å². The predicted octanol–water partition coefficient (Wildman–Crippen LogP) is 1.08. The molecule has 1 aromatic carbocycles. The van der Waals surface area contributed by atoms with E-state index in [2.05, 4.69) is 5.32 Å². The maximum Gasteiger partial charge on any atom is 0.255 e. The van der Waals surface area contributed by atoms with Gasteiger partial charge in [0.2, 0.25) is 11.7 Å². The third-order valence-electron chi connectivity index (χ3n) is 8.46. The number of aromatic hydroxyl groups is 1. The molecule has 2 saturated carbocycles. The fourth-order valence-corrected chi connectivity index (χ4v) is 6.61. The molecule has 0 bridgehead atoms. The summed E-state index contributed by atoms with van der Waals surface area (Å²) in [5.41, 5.74) is 1.31. The van der Waals surface area contributed by atoms with Gasteiger partial charge in [-0.25, -0.2) is 0 Å². The zero-order valence-corrected chi connectivity index (χ0v) is 20.0. The third-order valence-corrected chi connectivity index (χ3v) is 8.46. The molecule has 0 aromatic heterocycles. The monoisotopic (exact) mass is 512 g/mol. The van der Waals surface area contributed by atoms with Crippen LogP contribution in [-0.4, -0.2) is 60.6 Å². The molecular formula is C26H28N2O9. The van der Waals surface area contributed by atoms with E-state index >= 15 is 0 Å². The lowest BCUT2D eigenvalue weighted by Crippen LogP contribution is -2.63. The number of amides is 2. The standard InChI is InChI=1S/C26H28N2O9/c1-9-15-12(28-25(36)10-4-2-3-5-10)6-7-13(29)17(15)21(32)19-16(9)20(31)11-8-14(30)18(24(27)35)22(33)26(11,37)23(19)34/h6-7,9-11,16,20,29,31-33,37H,2-5,8H2,1H3,(H2,27,35)(H,28,36)/t9?,11-,16-,20?,26-/m1/s1. The van der Waals surface area contributed by atoms with Crippen LogP contribution in [0.2, 0.25) is 0 Å². The molecule has 11 nitrogen and oxygen atoms in total. The van der Waals surface area contributed by atoms with E-state index in [4.69, 9.17) is 5.73 Å². The highest BCUT2D eigenvalue weighted by Gasteiger charge is 2.65. The molecule has 5 atom stereocenters. The van der Waals surface area contributed by atoms with Crippen molar-refractivity contribution in [1.82, 2.24) is 0 Å². The number of nitrogens with two attached hydrogens (primary N) is 1. The van der Waals surface area contributed by atoms with Crippen molar-refractivity contribution in [2.75, 3.05) is 5.32 Å². The SMILES string of the molecule is CC1c2c(NC(=O)C3CCCC3)ccc(O)c2C(O)=C2C(=O)[C@]3(O)C(O)=C(C(N)=O)C(=O)C[C@@H]3C(O)[C@@H]21. The molecule has 2 unspecified atom stereocenters. The number of fused-ring (bicyclic) bond motifs is 3. The molecule has 1 aromatic rings. The molecule has 2 fully saturated rings. The van der Waals surface area contributed by atoms with Crippen molar-refractivity contribution in [3.8, 4) is 5.75 Å². The Kier molecular flexibility index (Phi) is 5.68. The van der Waals surface area contributed by atoms with E-state index in [9.17, 15) is 44.7 Å². The fraction of sp³-hybridized carbons (Fsp3) is 0.462. The van der Waals surface area contributed by atoms with E-state index < -0.39 is 81.8 Å². The second-order valence-electron chi connectivity index (χ2n) is 10.4. The lowest BCUT2D eigenvalue weighted by molar-refractivity contribution is -0.160. The summed E-state index contributed by atoms with van der Waals surface area (Å²) in [4.78, 5) is 50.9. The van der Waals surface area contributed by atoms with Crippen LogP contribution in [0.15, 0.2) is 29.0 Å². The van der Waals surface area contributed by atoms with Crippen molar-refractivity contribution >= 4 is 34.8 Å². The molecule has 37 heavy (non-hydrogen) atoms. The highest BCUT2D eigenvalue weighted by molar-refractivity contribution is 6.23. The molecule has 196 valence electrons. The van der Waals surface area contributed by atoms with Crippen LogP contribution in [0.5, 0.6) is 5.75 Å². The molecule has 0 aliphatic heterocycles. The number of phenolic OH excluding ortho intramolecular Hbond substituents is 1. The maximum absolute atomic E-state index is 13.7. The number of Topliss-reactive ketones (excluding diaryl/α,β-unsaturated/α-hetero) is 2. The number of primary amides is 1. The summed E-state index contributed by atoms with van der Waals surface area (Å²) < 4.78 is 0. The number of nitrogens with one attached hydrogen (secondary N) is 1. The van der Waals surface area contributed by atoms with Crippen LogP contribution < -0.4 is 11.1 Å². The Hall–Kier alpha value is -3.70. The number of carbonyl (C=O) groups is 4. The Bertz CT molecular complexity index is 1320. The smallest absolute Gasteiger partial charge is 0.255 e. The zero-order chi connectivity index (χ0) is 27.0. The van der Waals surface area contributed by atoms with Gasteiger partial charge in [0, 0.05) is 35.4 Å². The summed E-state index contributed by atoms with van der Waals surface area (Å²) in [6.07, 6.45) is 1.07. The second kappa shape index (κ2) is 8.42. The molecule has 11 heteroatoms. The number of hydrogen-bond donors (Lipinski definition) is 7. The van der Waals surface area contributed by atoms with E-state index in [0.717, 1.165) is 25.7 Å². The van der Waals surface area contributed by atoms with Crippen LogP contribution in [0.1, 0.15) is 56.1 Å². The number of aliphatic hydroxyl groups is 4. The average molecular weight is 513 g/mol. The zero-order valence-electron chi connectivity index (χ0n) is 20.0. The summed E-state index contributed by atoms with van der Waals surface area (Å²) in [5.74, 6) is -9.79. The predicted molar refractivity (Wildman–Crippen MR) is 128 cm³/mol. The Morgan fingerprint density at radius 2 is 1.76 bits per heavy atom. The minimum atomic E-state index is -2.89. The summed E-state index contributed by atoms with van der Waals surface area (Å²) in [5, 5.41) is 58.1. The van der Waals surface area contributed by atoms with Gasteiger partial charge in [-0.2, -0.15) is 0 Å². The Morgan fingerprint density at radius 3 is 2.38 bits per heavy atom. The average Bonchev–Trinajstić information content (AvgIpc) is 3.38. The molecule has 0 spiro atoms. The number of rotatable bonds is 3. The summed E-state index contributed by atoms with van der Waals surface area (Å²) >= 11 is 0. The van der Waals surface area contributed by atoms with Crippen LogP contribution in [0.3, 0.4) is 0 Å². The first kappa shape index (κ1) is 25.0. The van der Waals surface area contributed by atoms with Crippen molar-refractivity contribution in [3.05, 3.63) is 40.2 Å². The van der Waals surface area contributed by atoms with Crippen molar-refractivity contribution in [2.24, 2.45) is 23.5 Å². The number of phenols is 1. The number of hydrogen-bond acceptors (Lipinski definition) is 9. The van der Waals surface area contributed by atoms with E-state index in [1.165, 1.54) is 12.1 Å². The number of anilines is 1. The summed E-state index contributed by atoms with van der Waals surface area (Å²) in [6.45, 7) is 1.62. The first-order valence-electron chi connectivity index (χ1n) is 12.2. The van der Waals surface area contributed by atoms with Gasteiger partial charge >= 0.3 is 0 Å². The van der Waals surface area contributed by atoms with Crippen molar-refractivity contribution in [2.45, 2.75) is 56.7 Å². The van der Waals surface area contributed by atoms with Gasteiger partial charge in [0.15, 0.2) is 11.4 Å². The van der Waals surface area contributed by atoms with Crippen LogP contribution in [-0.2, 0) is 19.2 Å². The van der Waals surface area contributed by atoms with Gasteiger partial charge in [0.1, 0.15) is 22.8 Å². The molecular weight excluding hydrogens is 484 g/mol. The van der Waals surface area contributed by atoms with Crippen LogP contribution >= 0.6 is 0 Å². The van der Waals surface area contributed by atoms with E-state index in [0.29, 0.717) is 5.69 Å². The molecule has 5 rings (SSSR count). The maximum atomic E-state index is 13.7. The first-order chi connectivity index (χ1) is 17.4. The molecule has 0 radical (unpaired) electrons. The van der Waals surface area contributed by atoms with Crippen molar-refractivity contribution in [1.29, 1.82) is 0 Å². The minimum absolute atomic E-state index is 0.156. The quantitative estimate of drug-likeness (QED) is 0.228. The summed E-state index contributed by atoms with van der Waals surface area (Å²) in [7, 11) is 0. The van der Waals surface area contributed by atoms with E-state index in [1.54, 1.807) is 6.92 Å². The van der Waals surface area contributed by atoms with Crippen molar-refractivity contribution in [3.63, 3.8) is 0 Å². The van der Waals surface area contributed by atoms with Gasteiger partial charge in [-0.3, -0.25) is 19.2 Å². The van der Waals surface area contributed by atoms with E-state index in [1.807, 2.05) is 0 Å². The summed E-state index contributed by atoms with van der Waals surface area (Å²) in [6, 6.07) is 2.72. The Labute approximate surface area is 211 Å². The Balaban J connectivity index is 1.68. The number of aliphatic hydroxyl groups excluding tert-OH is 3. The van der Waals surface area contributed by atoms with Crippen LogP contribution in [0.25, 0.3) is 5.76 Å². The first-order valence-corrected chi connectivity index (χ1v) is 12.2. The lowest BCUT2D eigenvalue weighted by atomic mass is 9.55. The largest absolute Gasteiger partial charge is 0.508 e. The van der Waals surface area contributed by atoms with Gasteiger partial charge in [0.05, 0.1) is 11.7 Å². The van der Waals surface area contributed by atoms with Gasteiger partial charge in [-0.1, -0.05) is 19.8 Å². The third kappa shape index (κ3) is 3.33. The highest BCUT2D eigenvalue weighted by Crippen LogP contribution is 2.56. The highest BCUT2D eigenvalue weighted by atomic mass is 16.4. The molecule has 4 aliphatic carbocycles. The number of benzene rings is 1. The van der Waals surface area contributed by atoms with E-state index in [-0.39, 0.29) is 23.0 Å². The molecule has 2 amide bonds. The normalized spacial score (nSPS) is 31.6. The molecule has 8 N–H and O–H groups in total. The molecule has 0 heterocycles. The molecule has 0 saturated heterocycles. The van der Waals surface area contributed by atoms with Crippen LogP contribution in [0.4, 0.5) is 5.69 Å². The Morgan fingerprint density at radius 1 is 1.11 bits per heavy atom.